The third-order valence-electron chi connectivity index (χ3n) is 11.2. The lowest BCUT2D eigenvalue weighted by molar-refractivity contribution is -0.144. The van der Waals surface area contributed by atoms with Crippen LogP contribution in [0.25, 0.3) is 22.4 Å². The Bertz CT molecular complexity index is 1950. The standard InChI is InChI=1S/C43H47N3O6/c1-52-27-31-24-35-41(43(51)46(42(35)50)32-18-21-45(22-19-32)25-28-9-3-2-4-10-28)36(26-47)40(31)39(49)17-15-30(37-13-7-8-20-44-37)23-29-14-16-38(48)34-12-6-5-11-33(29)34/h2-14,16,20,23,32,35-36,39,41,47-49H,15,17-19,21-22,24-27H2,1H3/b30-23-/t35-,36+,39-,41-/m1/s1. The van der Waals surface area contributed by atoms with Gasteiger partial charge in [0.1, 0.15) is 5.75 Å². The summed E-state index contributed by atoms with van der Waals surface area (Å²) in [6.07, 6.45) is 5.29. The van der Waals surface area contributed by atoms with Gasteiger partial charge in [0.15, 0.2) is 0 Å². The highest BCUT2D eigenvalue weighted by molar-refractivity contribution is 6.06. The Balaban J connectivity index is 1.11. The Kier molecular flexibility index (Phi) is 10.9. The van der Waals surface area contributed by atoms with Crippen LogP contribution < -0.4 is 0 Å². The summed E-state index contributed by atoms with van der Waals surface area (Å²) in [5, 5.41) is 35.0. The summed E-state index contributed by atoms with van der Waals surface area (Å²) in [4.78, 5) is 36.7. The number of likely N-dealkylation sites (tertiary alicyclic amines) is 2. The van der Waals surface area contributed by atoms with Crippen molar-refractivity contribution in [2.24, 2.45) is 17.8 Å². The summed E-state index contributed by atoms with van der Waals surface area (Å²) in [7, 11) is 1.58. The molecular formula is C43H47N3O6. The molecule has 0 unspecified atom stereocenters. The second-order valence-corrected chi connectivity index (χ2v) is 14.3. The van der Waals surface area contributed by atoms with Gasteiger partial charge in [0, 0.05) is 50.3 Å². The number of aliphatic hydroxyl groups is 2. The first kappa shape index (κ1) is 35.7. The monoisotopic (exact) mass is 701 g/mol. The van der Waals surface area contributed by atoms with Crippen LogP contribution in [0.3, 0.4) is 0 Å². The van der Waals surface area contributed by atoms with E-state index in [0.717, 1.165) is 52.8 Å². The lowest BCUT2D eigenvalue weighted by Gasteiger charge is -2.37. The number of amides is 2. The van der Waals surface area contributed by atoms with Crippen molar-refractivity contribution in [3.8, 4) is 5.75 Å². The lowest BCUT2D eigenvalue weighted by atomic mass is 9.68. The average molecular weight is 702 g/mol. The third kappa shape index (κ3) is 7.19. The van der Waals surface area contributed by atoms with Crippen LogP contribution in [0, 0.1) is 17.8 Å². The molecule has 2 fully saturated rings. The minimum Gasteiger partial charge on any atom is -0.507 e. The van der Waals surface area contributed by atoms with Crippen LogP contribution in [0.4, 0.5) is 0 Å². The van der Waals surface area contributed by atoms with Gasteiger partial charge in [-0.1, -0.05) is 66.7 Å². The molecule has 3 heterocycles. The number of ether oxygens (including phenoxy) is 1. The number of phenols is 1. The largest absolute Gasteiger partial charge is 0.507 e. The van der Waals surface area contributed by atoms with Crippen molar-refractivity contribution in [3.63, 3.8) is 0 Å². The molecule has 0 radical (unpaired) electrons. The molecule has 4 aromatic rings. The number of carbonyl (C=O) groups excluding carboxylic acids is 2. The molecule has 9 heteroatoms. The van der Waals surface area contributed by atoms with E-state index in [0.29, 0.717) is 37.7 Å². The molecule has 1 aromatic heterocycles. The van der Waals surface area contributed by atoms with Gasteiger partial charge in [-0.15, -0.1) is 0 Å². The number of fused-ring (bicyclic) bond motifs is 2. The predicted octanol–water partition coefficient (Wildman–Crippen LogP) is 5.84. The molecule has 52 heavy (non-hydrogen) atoms. The number of carbonyl (C=O) groups is 2. The van der Waals surface area contributed by atoms with Gasteiger partial charge in [-0.25, -0.2) is 0 Å². The molecule has 2 saturated heterocycles. The highest BCUT2D eigenvalue weighted by atomic mass is 16.5. The molecule has 4 atom stereocenters. The number of benzene rings is 3. The average Bonchev–Trinajstić information content (AvgIpc) is 3.43. The Morgan fingerprint density at radius 1 is 0.942 bits per heavy atom. The number of nitrogens with zero attached hydrogens (tertiary/aromatic N) is 3. The van der Waals surface area contributed by atoms with E-state index in [-0.39, 0.29) is 36.8 Å². The minimum atomic E-state index is -0.981. The molecule has 2 amide bonds. The Labute approximate surface area is 304 Å². The number of imide groups is 1. The number of aromatic nitrogens is 1. The van der Waals surface area contributed by atoms with Gasteiger partial charge in [0.05, 0.1) is 36.8 Å². The number of hydrogen-bond donors (Lipinski definition) is 3. The van der Waals surface area contributed by atoms with E-state index in [1.54, 1.807) is 19.4 Å². The quantitative estimate of drug-likeness (QED) is 0.124. The Morgan fingerprint density at radius 3 is 2.38 bits per heavy atom. The van der Waals surface area contributed by atoms with Crippen molar-refractivity contribution >= 4 is 34.2 Å². The van der Waals surface area contributed by atoms with E-state index in [2.05, 4.69) is 22.0 Å². The minimum absolute atomic E-state index is 0.168. The molecule has 0 saturated carbocycles. The number of rotatable bonds is 12. The normalized spacial score (nSPS) is 22.3. The van der Waals surface area contributed by atoms with Crippen molar-refractivity contribution in [2.75, 3.05) is 33.4 Å². The summed E-state index contributed by atoms with van der Waals surface area (Å²) < 4.78 is 5.59. The number of piperidine rings is 1. The van der Waals surface area contributed by atoms with E-state index in [9.17, 15) is 24.9 Å². The third-order valence-corrected chi connectivity index (χ3v) is 11.2. The zero-order valence-corrected chi connectivity index (χ0v) is 29.6. The highest BCUT2D eigenvalue weighted by Crippen LogP contribution is 2.47. The predicted molar refractivity (Wildman–Crippen MR) is 201 cm³/mol. The fraction of sp³-hybridized carbons (Fsp3) is 0.372. The van der Waals surface area contributed by atoms with Crippen LogP contribution in [0.5, 0.6) is 5.75 Å². The molecule has 0 spiro atoms. The first-order valence-corrected chi connectivity index (χ1v) is 18.3. The number of hydrogen-bond acceptors (Lipinski definition) is 8. The second kappa shape index (κ2) is 15.9. The smallest absolute Gasteiger partial charge is 0.234 e. The molecule has 3 N–H and O–H groups in total. The molecule has 0 bridgehead atoms. The van der Waals surface area contributed by atoms with E-state index < -0.39 is 23.9 Å². The lowest BCUT2D eigenvalue weighted by Crippen LogP contribution is -2.47. The van der Waals surface area contributed by atoms with Crippen molar-refractivity contribution in [2.45, 2.75) is 50.8 Å². The summed E-state index contributed by atoms with van der Waals surface area (Å²) in [5.74, 6) is -2.19. The second-order valence-electron chi connectivity index (χ2n) is 14.3. The first-order valence-electron chi connectivity index (χ1n) is 18.3. The molecule has 3 aromatic carbocycles. The summed E-state index contributed by atoms with van der Waals surface area (Å²) >= 11 is 0. The number of aliphatic hydroxyl groups excluding tert-OH is 2. The maximum absolute atomic E-state index is 14.2. The van der Waals surface area contributed by atoms with Gasteiger partial charge in [-0.05, 0) is 89.6 Å². The fourth-order valence-electron chi connectivity index (χ4n) is 8.72. The van der Waals surface area contributed by atoms with Crippen molar-refractivity contribution in [1.82, 2.24) is 14.8 Å². The zero-order valence-electron chi connectivity index (χ0n) is 29.6. The fourth-order valence-corrected chi connectivity index (χ4v) is 8.72. The van der Waals surface area contributed by atoms with E-state index in [4.69, 9.17) is 4.74 Å². The Hall–Kier alpha value is -4.67. The maximum Gasteiger partial charge on any atom is 0.234 e. The van der Waals surface area contributed by atoms with Crippen LogP contribution in [0.15, 0.2) is 102 Å². The SMILES string of the molecule is COCC1=C([C@H](O)CC/C(=C/c2ccc(O)c3ccccc23)c2ccccn2)[C@H](CO)[C@@H]2C(=O)N(C3CCN(Cc4ccccc4)CC3)C(=O)[C@@H]2C1. The van der Waals surface area contributed by atoms with Gasteiger partial charge in [0.2, 0.25) is 11.8 Å². The van der Waals surface area contributed by atoms with E-state index in [1.165, 1.54) is 10.5 Å². The van der Waals surface area contributed by atoms with E-state index in [1.807, 2.05) is 72.8 Å². The molecule has 9 nitrogen and oxygen atoms in total. The summed E-state index contributed by atoms with van der Waals surface area (Å²) in [5.41, 5.74) is 5.21. The van der Waals surface area contributed by atoms with Crippen LogP contribution in [0.2, 0.25) is 0 Å². The number of aromatic hydroxyl groups is 1. The number of phenolic OH excluding ortho intramolecular Hbond substituents is 1. The molecular weight excluding hydrogens is 654 g/mol. The molecule has 1 aliphatic carbocycles. The van der Waals surface area contributed by atoms with Crippen LogP contribution in [-0.2, 0) is 20.9 Å². The summed E-state index contributed by atoms with van der Waals surface area (Å²) in [6, 6.07) is 27.1. The van der Waals surface area contributed by atoms with Crippen molar-refractivity contribution in [3.05, 3.63) is 119 Å². The van der Waals surface area contributed by atoms with Crippen molar-refractivity contribution in [1.29, 1.82) is 0 Å². The van der Waals surface area contributed by atoms with Gasteiger partial charge < -0.3 is 20.1 Å². The van der Waals surface area contributed by atoms with Gasteiger partial charge in [0.25, 0.3) is 0 Å². The zero-order chi connectivity index (χ0) is 36.2. The maximum atomic E-state index is 14.2. The van der Waals surface area contributed by atoms with Gasteiger partial charge >= 0.3 is 0 Å². The van der Waals surface area contributed by atoms with Crippen LogP contribution in [-0.4, -0.2) is 87.5 Å². The van der Waals surface area contributed by atoms with Crippen molar-refractivity contribution < 1.29 is 29.6 Å². The van der Waals surface area contributed by atoms with Gasteiger partial charge in [-0.2, -0.15) is 0 Å². The van der Waals surface area contributed by atoms with Gasteiger partial charge in [-0.3, -0.25) is 24.4 Å². The van der Waals surface area contributed by atoms with Crippen LogP contribution in [0.1, 0.15) is 48.9 Å². The number of methoxy groups -OCH3 is 1. The van der Waals surface area contributed by atoms with E-state index >= 15 is 0 Å². The highest BCUT2D eigenvalue weighted by Gasteiger charge is 2.56. The molecule has 7 rings (SSSR count). The molecule has 270 valence electrons. The number of allylic oxidation sites excluding steroid dienone is 1. The summed E-state index contributed by atoms with van der Waals surface area (Å²) in [6.45, 7) is 2.26. The molecule has 3 aliphatic rings. The van der Waals surface area contributed by atoms with Crippen LogP contribution >= 0.6 is 0 Å². The number of pyridine rings is 1. The topological polar surface area (TPSA) is 123 Å². The Morgan fingerprint density at radius 2 is 1.67 bits per heavy atom. The molecule has 2 aliphatic heterocycles. The first-order chi connectivity index (χ1) is 25.4.